The predicted octanol–water partition coefficient (Wildman–Crippen LogP) is 4.85. The molecule has 2 aromatic carbocycles. The molecule has 35 heavy (non-hydrogen) atoms. The average molecular weight is 555 g/mol. The molecule has 1 N–H and O–H groups in total. The van der Waals surface area contributed by atoms with Gasteiger partial charge in [0.15, 0.2) is 11.5 Å². The summed E-state index contributed by atoms with van der Waals surface area (Å²) in [5, 5.41) is -1.20. The first kappa shape index (κ1) is 25.9. The van der Waals surface area contributed by atoms with Crippen LogP contribution in [0.2, 0.25) is 10.0 Å². The summed E-state index contributed by atoms with van der Waals surface area (Å²) in [6.07, 6.45) is -2.83. The van der Waals surface area contributed by atoms with Crippen molar-refractivity contribution in [2.45, 2.75) is 17.4 Å². The molecule has 2 aromatic rings. The Labute approximate surface area is 209 Å². The fourth-order valence-corrected chi connectivity index (χ4v) is 4.90. The first-order valence-electron chi connectivity index (χ1n) is 10.0. The largest absolute Gasteiger partial charge is 0.428 e. The lowest BCUT2D eigenvalue weighted by Crippen LogP contribution is -2.59. The number of amides is 1. The van der Waals surface area contributed by atoms with Crippen molar-refractivity contribution in [3.8, 4) is 0 Å². The average Bonchev–Trinajstić information content (AvgIpc) is 3.21. The second-order valence-corrected chi connectivity index (χ2v) is 10.5. The molecule has 1 amide bonds. The number of hydrogen-bond donors (Lipinski definition) is 1. The van der Waals surface area contributed by atoms with Gasteiger partial charge in [0.05, 0.1) is 28.8 Å². The molecule has 1 saturated heterocycles. The van der Waals surface area contributed by atoms with Gasteiger partial charge in [-0.15, -0.1) is 0 Å². The number of alkyl halides is 4. The van der Waals surface area contributed by atoms with E-state index in [1.807, 2.05) is 0 Å². The van der Waals surface area contributed by atoms with Crippen LogP contribution in [0.3, 0.4) is 0 Å². The highest BCUT2D eigenvalue weighted by Crippen LogP contribution is 2.48. The maximum atomic E-state index is 15.2. The van der Waals surface area contributed by atoms with Gasteiger partial charge in [0.2, 0.25) is 11.5 Å². The Bertz CT molecular complexity index is 1210. The van der Waals surface area contributed by atoms with E-state index in [1.165, 1.54) is 35.4 Å². The highest BCUT2D eigenvalue weighted by atomic mass is 35.5. The van der Waals surface area contributed by atoms with Gasteiger partial charge >= 0.3 is 6.18 Å². The summed E-state index contributed by atoms with van der Waals surface area (Å²) in [5.74, 6) is -1.67. The monoisotopic (exact) mass is 554 g/mol. The SMILES string of the molecule is CS(=O)CC(=O)N1CC(F)(c2ccc(C3=CC(c4cc(Cl)c(F)c(Cl)c4)(C(F)(F)F)ON3)cc2)C1. The molecule has 0 aliphatic carbocycles. The number of hydroxylamine groups is 1. The molecule has 13 heteroatoms. The summed E-state index contributed by atoms with van der Waals surface area (Å²) in [6.45, 7) is -0.425. The molecular formula is C22H17Cl2F5N2O3S. The van der Waals surface area contributed by atoms with Crippen LogP contribution >= 0.6 is 23.2 Å². The van der Waals surface area contributed by atoms with E-state index >= 15 is 4.39 Å². The van der Waals surface area contributed by atoms with Gasteiger partial charge in [-0.1, -0.05) is 47.5 Å². The number of hydrogen-bond acceptors (Lipinski definition) is 4. The number of carbonyl (C=O) groups excluding carboxylic acids is 1. The summed E-state index contributed by atoms with van der Waals surface area (Å²) in [5.41, 5.74) is -2.69. The van der Waals surface area contributed by atoms with Crippen molar-refractivity contribution in [2.24, 2.45) is 0 Å². The van der Waals surface area contributed by atoms with Crippen LogP contribution in [0.4, 0.5) is 22.0 Å². The van der Waals surface area contributed by atoms with Crippen LogP contribution in [0.5, 0.6) is 0 Å². The van der Waals surface area contributed by atoms with Crippen molar-refractivity contribution in [2.75, 3.05) is 25.1 Å². The van der Waals surface area contributed by atoms with Gasteiger partial charge in [-0.2, -0.15) is 13.2 Å². The van der Waals surface area contributed by atoms with E-state index in [1.54, 1.807) is 0 Å². The van der Waals surface area contributed by atoms with Crippen LogP contribution in [0.25, 0.3) is 5.70 Å². The third kappa shape index (κ3) is 4.66. The van der Waals surface area contributed by atoms with E-state index < -0.39 is 55.6 Å². The summed E-state index contributed by atoms with van der Waals surface area (Å²) < 4.78 is 82.5. The molecule has 0 saturated carbocycles. The van der Waals surface area contributed by atoms with Gasteiger partial charge in [-0.3, -0.25) is 19.3 Å². The smallest absolute Gasteiger partial charge is 0.335 e. The van der Waals surface area contributed by atoms with Crippen molar-refractivity contribution in [3.05, 3.63) is 75.0 Å². The number of likely N-dealkylation sites (tertiary alicyclic amines) is 1. The van der Waals surface area contributed by atoms with Gasteiger partial charge in [0.25, 0.3) is 0 Å². The van der Waals surface area contributed by atoms with Crippen molar-refractivity contribution >= 4 is 45.6 Å². The molecule has 0 spiro atoms. The maximum absolute atomic E-state index is 15.2. The Morgan fingerprint density at radius 3 is 2.23 bits per heavy atom. The Morgan fingerprint density at radius 2 is 1.71 bits per heavy atom. The second kappa shape index (κ2) is 9.02. The zero-order valence-corrected chi connectivity index (χ0v) is 20.2. The molecule has 2 aliphatic heterocycles. The van der Waals surface area contributed by atoms with Crippen molar-refractivity contribution in [1.29, 1.82) is 0 Å². The highest BCUT2D eigenvalue weighted by molar-refractivity contribution is 7.85. The van der Waals surface area contributed by atoms with E-state index in [4.69, 9.17) is 28.0 Å². The summed E-state index contributed by atoms with van der Waals surface area (Å²) >= 11 is 11.4. The molecule has 0 bridgehead atoms. The van der Waals surface area contributed by atoms with E-state index in [0.717, 1.165) is 18.2 Å². The number of halogens is 7. The maximum Gasteiger partial charge on any atom is 0.428 e. The number of nitrogens with one attached hydrogen (secondary N) is 1. The Kier molecular flexibility index (Phi) is 6.67. The molecule has 2 atom stereocenters. The number of carbonyl (C=O) groups is 1. The molecule has 2 heterocycles. The normalized spacial score (nSPS) is 22.3. The molecule has 2 unspecified atom stereocenters. The van der Waals surface area contributed by atoms with Crippen molar-refractivity contribution < 1.29 is 35.8 Å². The third-order valence-corrected chi connectivity index (χ3v) is 6.98. The molecule has 2 aliphatic rings. The van der Waals surface area contributed by atoms with E-state index in [2.05, 4.69) is 5.48 Å². The van der Waals surface area contributed by atoms with E-state index in [0.29, 0.717) is 0 Å². The predicted molar refractivity (Wildman–Crippen MR) is 121 cm³/mol. The van der Waals surface area contributed by atoms with Crippen molar-refractivity contribution in [3.63, 3.8) is 0 Å². The zero-order chi connectivity index (χ0) is 25.8. The van der Waals surface area contributed by atoms with Crippen LogP contribution in [-0.4, -0.2) is 46.3 Å². The third-order valence-electron chi connectivity index (χ3n) is 5.78. The van der Waals surface area contributed by atoms with Crippen LogP contribution in [-0.2, 0) is 31.7 Å². The Hall–Kier alpha value is -2.21. The van der Waals surface area contributed by atoms with Gasteiger partial charge in [0, 0.05) is 22.6 Å². The molecular weight excluding hydrogens is 538 g/mol. The standard InChI is InChI=1S/C22H17Cl2F5N2O3S/c1-35(33)9-18(32)31-10-20(26,11-31)13-4-2-12(3-5-13)17-8-21(34-30-17,22(27,28)29)14-6-15(23)19(25)16(24)7-14/h2-8,30H,9-11H2,1H3. The molecule has 4 rings (SSSR count). The summed E-state index contributed by atoms with van der Waals surface area (Å²) in [6, 6.07) is 7.17. The quantitative estimate of drug-likeness (QED) is 0.424. The summed E-state index contributed by atoms with van der Waals surface area (Å²) in [4.78, 5) is 18.1. The first-order valence-corrected chi connectivity index (χ1v) is 12.5. The van der Waals surface area contributed by atoms with Gasteiger partial charge in [-0.05, 0) is 29.3 Å². The molecule has 5 nitrogen and oxygen atoms in total. The van der Waals surface area contributed by atoms with Gasteiger partial charge < -0.3 is 4.90 Å². The fraction of sp³-hybridized carbons (Fsp3) is 0.318. The van der Waals surface area contributed by atoms with Gasteiger partial charge in [0.1, 0.15) is 5.75 Å². The minimum Gasteiger partial charge on any atom is -0.335 e. The minimum atomic E-state index is -4.97. The molecule has 188 valence electrons. The number of nitrogens with zero attached hydrogens (tertiary/aromatic N) is 1. The van der Waals surface area contributed by atoms with Crippen LogP contribution < -0.4 is 5.48 Å². The topological polar surface area (TPSA) is 58.6 Å². The van der Waals surface area contributed by atoms with Crippen LogP contribution in [0, 0.1) is 5.82 Å². The zero-order valence-electron chi connectivity index (χ0n) is 17.9. The lowest BCUT2D eigenvalue weighted by atomic mass is 9.87. The highest BCUT2D eigenvalue weighted by Gasteiger charge is 2.60. The van der Waals surface area contributed by atoms with E-state index in [9.17, 15) is 26.6 Å². The van der Waals surface area contributed by atoms with Gasteiger partial charge in [-0.25, -0.2) is 8.78 Å². The molecule has 0 aromatic heterocycles. The van der Waals surface area contributed by atoms with Crippen LogP contribution in [0.1, 0.15) is 16.7 Å². The molecule has 0 radical (unpaired) electrons. The minimum absolute atomic E-state index is 0.0609. The Morgan fingerprint density at radius 1 is 1.14 bits per heavy atom. The number of rotatable bonds is 5. The Balaban J connectivity index is 1.59. The first-order chi connectivity index (χ1) is 16.3. The lowest BCUT2D eigenvalue weighted by Gasteiger charge is -2.44. The summed E-state index contributed by atoms with van der Waals surface area (Å²) in [7, 11) is -1.34. The van der Waals surface area contributed by atoms with Crippen LogP contribution in [0.15, 0.2) is 42.5 Å². The lowest BCUT2D eigenvalue weighted by molar-refractivity contribution is -0.269. The van der Waals surface area contributed by atoms with E-state index in [-0.39, 0.29) is 35.7 Å². The fourth-order valence-electron chi connectivity index (χ4n) is 3.89. The van der Waals surface area contributed by atoms with Crippen molar-refractivity contribution in [1.82, 2.24) is 10.4 Å². The second-order valence-electron chi connectivity index (χ2n) is 8.26. The number of benzene rings is 2. The molecule has 1 fully saturated rings.